The highest BCUT2D eigenvalue weighted by atomic mass is 19.2. The summed E-state index contributed by atoms with van der Waals surface area (Å²) in [6.45, 7) is 4.97. The fourth-order valence-electron chi connectivity index (χ4n) is 0.871. The smallest absolute Gasteiger partial charge is 0.161 e. The van der Waals surface area contributed by atoms with E-state index in [0.29, 0.717) is 11.1 Å². The Balaban J connectivity index is 3.31. The highest BCUT2D eigenvalue weighted by molar-refractivity contribution is 5.48. The van der Waals surface area contributed by atoms with Gasteiger partial charge in [-0.2, -0.15) is 0 Å². The van der Waals surface area contributed by atoms with E-state index in [2.05, 4.69) is 6.58 Å². The predicted molar refractivity (Wildman–Crippen MR) is 41.2 cm³/mol. The second-order valence-electron chi connectivity index (χ2n) is 2.34. The molecule has 1 aromatic carbocycles. The summed E-state index contributed by atoms with van der Waals surface area (Å²) in [5, 5.41) is 0. The number of hydrogen-bond acceptors (Lipinski definition) is 0. The third-order valence-electron chi connectivity index (χ3n) is 1.47. The third kappa shape index (κ3) is 1.45. The Labute approximate surface area is 64.2 Å². The molecule has 0 spiro atoms. The van der Waals surface area contributed by atoms with Crippen molar-refractivity contribution in [1.82, 2.24) is 0 Å². The number of rotatable bonds is 1. The molecular formula is C9H8F2. The van der Waals surface area contributed by atoms with E-state index < -0.39 is 11.6 Å². The molecule has 2 heteroatoms. The van der Waals surface area contributed by atoms with Gasteiger partial charge < -0.3 is 0 Å². The van der Waals surface area contributed by atoms with Gasteiger partial charge in [-0.05, 0) is 30.2 Å². The molecule has 0 aliphatic rings. The second kappa shape index (κ2) is 2.82. The average Bonchev–Trinajstić information content (AvgIpc) is 1.99. The minimum Gasteiger partial charge on any atom is -0.204 e. The van der Waals surface area contributed by atoms with Crippen LogP contribution in [-0.4, -0.2) is 0 Å². The van der Waals surface area contributed by atoms with Gasteiger partial charge in [0.05, 0.1) is 0 Å². The first kappa shape index (κ1) is 7.92. The molecule has 0 saturated carbocycles. The summed E-state index contributed by atoms with van der Waals surface area (Å²) in [5.41, 5.74) is 0.904. The van der Waals surface area contributed by atoms with Crippen LogP contribution in [0.4, 0.5) is 8.78 Å². The number of aryl methyl sites for hydroxylation is 1. The number of benzene rings is 1. The zero-order chi connectivity index (χ0) is 8.43. The Kier molecular flexibility index (Phi) is 2.03. The molecule has 0 aliphatic heterocycles. The molecule has 0 saturated heterocycles. The van der Waals surface area contributed by atoms with E-state index in [4.69, 9.17) is 0 Å². The van der Waals surface area contributed by atoms with Crippen LogP contribution in [0.1, 0.15) is 11.1 Å². The van der Waals surface area contributed by atoms with Gasteiger partial charge >= 0.3 is 0 Å². The van der Waals surface area contributed by atoms with Gasteiger partial charge in [0.1, 0.15) is 0 Å². The lowest BCUT2D eigenvalue weighted by atomic mass is 10.1. The summed E-state index contributed by atoms with van der Waals surface area (Å²) in [6, 6.07) is 2.67. The van der Waals surface area contributed by atoms with Crippen LogP contribution in [0, 0.1) is 18.6 Å². The van der Waals surface area contributed by atoms with E-state index in [9.17, 15) is 8.78 Å². The maximum atomic E-state index is 12.6. The summed E-state index contributed by atoms with van der Waals surface area (Å²) < 4.78 is 25.2. The molecule has 58 valence electrons. The Morgan fingerprint density at radius 2 is 2.00 bits per heavy atom. The summed E-state index contributed by atoms with van der Waals surface area (Å²) >= 11 is 0. The van der Waals surface area contributed by atoms with Crippen LogP contribution in [0.25, 0.3) is 6.08 Å². The van der Waals surface area contributed by atoms with Crippen LogP contribution in [0.15, 0.2) is 18.7 Å². The van der Waals surface area contributed by atoms with Gasteiger partial charge in [-0.25, -0.2) is 8.78 Å². The molecule has 0 unspecified atom stereocenters. The Hall–Kier alpha value is -1.18. The predicted octanol–water partition coefficient (Wildman–Crippen LogP) is 2.92. The van der Waals surface area contributed by atoms with E-state index in [-0.39, 0.29) is 0 Å². The monoisotopic (exact) mass is 154 g/mol. The molecule has 1 rings (SSSR count). The maximum Gasteiger partial charge on any atom is 0.161 e. The molecule has 0 amide bonds. The van der Waals surface area contributed by atoms with Gasteiger partial charge in [0, 0.05) is 0 Å². The number of halogens is 2. The van der Waals surface area contributed by atoms with Crippen LogP contribution in [0.3, 0.4) is 0 Å². The quantitative estimate of drug-likeness (QED) is 0.583. The van der Waals surface area contributed by atoms with Gasteiger partial charge in [-0.15, -0.1) is 0 Å². The topological polar surface area (TPSA) is 0 Å². The SMILES string of the molecule is C=Cc1cc(C)c(F)c(F)c1. The number of hydrogen-bond donors (Lipinski definition) is 0. The Morgan fingerprint density at radius 3 is 2.45 bits per heavy atom. The van der Waals surface area contributed by atoms with E-state index in [0.717, 1.165) is 6.07 Å². The van der Waals surface area contributed by atoms with Crippen molar-refractivity contribution in [2.24, 2.45) is 0 Å². The van der Waals surface area contributed by atoms with E-state index in [1.807, 2.05) is 0 Å². The van der Waals surface area contributed by atoms with Crippen molar-refractivity contribution in [2.75, 3.05) is 0 Å². The van der Waals surface area contributed by atoms with Gasteiger partial charge in [0.25, 0.3) is 0 Å². The first-order valence-corrected chi connectivity index (χ1v) is 3.23. The van der Waals surface area contributed by atoms with Crippen molar-refractivity contribution in [3.05, 3.63) is 41.5 Å². The average molecular weight is 154 g/mol. The molecule has 11 heavy (non-hydrogen) atoms. The van der Waals surface area contributed by atoms with Gasteiger partial charge in [0.2, 0.25) is 0 Å². The minimum absolute atomic E-state index is 0.305. The fourth-order valence-corrected chi connectivity index (χ4v) is 0.871. The van der Waals surface area contributed by atoms with Crippen molar-refractivity contribution < 1.29 is 8.78 Å². The summed E-state index contributed by atoms with van der Waals surface area (Å²) in [5.74, 6) is -1.60. The van der Waals surface area contributed by atoms with Gasteiger partial charge in [-0.3, -0.25) is 0 Å². The summed E-state index contributed by atoms with van der Waals surface area (Å²) in [6.07, 6.45) is 1.48. The highest BCUT2D eigenvalue weighted by Crippen LogP contribution is 2.14. The van der Waals surface area contributed by atoms with E-state index >= 15 is 0 Å². The van der Waals surface area contributed by atoms with E-state index in [1.165, 1.54) is 13.0 Å². The molecular weight excluding hydrogens is 146 g/mol. The zero-order valence-corrected chi connectivity index (χ0v) is 6.20. The largest absolute Gasteiger partial charge is 0.204 e. The molecule has 0 heterocycles. The molecule has 0 N–H and O–H groups in total. The minimum atomic E-state index is -0.820. The van der Waals surface area contributed by atoms with Crippen LogP contribution in [-0.2, 0) is 0 Å². The first-order valence-electron chi connectivity index (χ1n) is 3.23. The molecule has 0 atom stereocenters. The van der Waals surface area contributed by atoms with Crippen molar-refractivity contribution in [3.63, 3.8) is 0 Å². The Morgan fingerprint density at radius 1 is 1.36 bits per heavy atom. The van der Waals surface area contributed by atoms with Crippen molar-refractivity contribution in [2.45, 2.75) is 6.92 Å². The Bertz CT molecular complexity index is 267. The van der Waals surface area contributed by atoms with Crippen molar-refractivity contribution >= 4 is 6.08 Å². The van der Waals surface area contributed by atoms with Crippen LogP contribution >= 0.6 is 0 Å². The molecule has 0 aromatic heterocycles. The van der Waals surface area contributed by atoms with Crippen molar-refractivity contribution in [1.29, 1.82) is 0 Å². The van der Waals surface area contributed by atoms with Crippen molar-refractivity contribution in [3.8, 4) is 0 Å². The standard InChI is InChI=1S/C9H8F2/c1-3-7-4-6(2)9(11)8(10)5-7/h3-5H,1H2,2H3. The van der Waals surface area contributed by atoms with Gasteiger partial charge in [-0.1, -0.05) is 12.7 Å². The van der Waals surface area contributed by atoms with Gasteiger partial charge in [0.15, 0.2) is 11.6 Å². The highest BCUT2D eigenvalue weighted by Gasteiger charge is 2.04. The zero-order valence-electron chi connectivity index (χ0n) is 6.20. The fraction of sp³-hybridized carbons (Fsp3) is 0.111. The molecule has 1 aromatic rings. The lowest BCUT2D eigenvalue weighted by Crippen LogP contribution is -1.89. The third-order valence-corrected chi connectivity index (χ3v) is 1.47. The summed E-state index contributed by atoms with van der Waals surface area (Å²) in [4.78, 5) is 0. The van der Waals surface area contributed by atoms with Crippen LogP contribution < -0.4 is 0 Å². The molecule has 0 nitrogen and oxygen atoms in total. The molecule has 0 aliphatic carbocycles. The summed E-state index contributed by atoms with van der Waals surface area (Å²) in [7, 11) is 0. The first-order chi connectivity index (χ1) is 5.15. The van der Waals surface area contributed by atoms with Crippen LogP contribution in [0.5, 0.6) is 0 Å². The molecule has 0 bridgehead atoms. The van der Waals surface area contributed by atoms with Crippen LogP contribution in [0.2, 0.25) is 0 Å². The van der Waals surface area contributed by atoms with E-state index in [1.54, 1.807) is 6.07 Å². The normalized spacial score (nSPS) is 9.73. The lowest BCUT2D eigenvalue weighted by Gasteiger charge is -1.99. The maximum absolute atomic E-state index is 12.6. The second-order valence-corrected chi connectivity index (χ2v) is 2.34. The molecule has 0 fully saturated rings. The molecule has 0 radical (unpaired) electrons. The lowest BCUT2D eigenvalue weighted by molar-refractivity contribution is 0.503.